The molecule has 0 aromatic rings. The Hall–Kier alpha value is -0.0551. The summed E-state index contributed by atoms with van der Waals surface area (Å²) in [7, 11) is -1.14. The lowest BCUT2D eigenvalue weighted by atomic mass is 9.83. The third kappa shape index (κ3) is 11.9. The number of hydrogen-bond acceptors (Lipinski definition) is 3. The first-order valence-corrected chi connectivity index (χ1v) is 5.42. The monoisotopic (exact) mass is 202 g/mol. The molecule has 0 radical (unpaired) electrons. The van der Waals surface area contributed by atoms with E-state index in [-0.39, 0.29) is 5.60 Å². The van der Waals surface area contributed by atoms with Crippen LogP contribution in [-0.2, 0) is 4.74 Å². The summed E-state index contributed by atoms with van der Waals surface area (Å²) in [4.78, 5) is 0. The van der Waals surface area contributed by atoms with Crippen molar-refractivity contribution in [1.29, 1.82) is 0 Å². The van der Waals surface area contributed by atoms with Crippen LogP contribution in [0.4, 0.5) is 0 Å². The first-order valence-electron chi connectivity index (χ1n) is 5.42. The van der Waals surface area contributed by atoms with Crippen molar-refractivity contribution in [1.82, 2.24) is 0 Å². The molecule has 0 aliphatic heterocycles. The molecular formula is C10H23BO3. The van der Waals surface area contributed by atoms with Crippen LogP contribution in [0.5, 0.6) is 0 Å². The van der Waals surface area contributed by atoms with Crippen LogP contribution in [0.25, 0.3) is 0 Å². The normalized spacial score (nSPS) is 11.8. The van der Waals surface area contributed by atoms with Crippen molar-refractivity contribution in [3.8, 4) is 0 Å². The summed E-state index contributed by atoms with van der Waals surface area (Å²) in [6, 6.07) is 0. The van der Waals surface area contributed by atoms with Crippen LogP contribution in [0.15, 0.2) is 0 Å². The molecule has 0 atom stereocenters. The van der Waals surface area contributed by atoms with E-state index in [1.807, 2.05) is 0 Å². The van der Waals surface area contributed by atoms with Crippen LogP contribution in [0, 0.1) is 0 Å². The molecule has 14 heavy (non-hydrogen) atoms. The minimum atomic E-state index is -1.14. The molecule has 0 spiro atoms. The third-order valence-electron chi connectivity index (χ3n) is 1.89. The summed E-state index contributed by atoms with van der Waals surface area (Å²) in [6.45, 7) is 6.95. The van der Waals surface area contributed by atoms with Crippen molar-refractivity contribution < 1.29 is 14.8 Å². The quantitative estimate of drug-likeness (QED) is 0.489. The summed E-state index contributed by atoms with van der Waals surface area (Å²) in [5.41, 5.74) is -0.0404. The maximum Gasteiger partial charge on any atom is 0.451 e. The lowest BCUT2D eigenvalue weighted by Gasteiger charge is -2.19. The molecule has 0 aromatic heterocycles. The minimum Gasteiger partial charge on any atom is -0.427 e. The molecule has 2 N–H and O–H groups in total. The van der Waals surface area contributed by atoms with Gasteiger partial charge in [0.1, 0.15) is 0 Å². The van der Waals surface area contributed by atoms with Crippen molar-refractivity contribution in [2.45, 2.75) is 58.4 Å². The molecule has 0 rings (SSSR count). The highest BCUT2D eigenvalue weighted by molar-refractivity contribution is 6.40. The molecule has 0 saturated heterocycles. The van der Waals surface area contributed by atoms with Crippen molar-refractivity contribution >= 4 is 7.12 Å². The first-order chi connectivity index (χ1) is 6.42. The van der Waals surface area contributed by atoms with Gasteiger partial charge in [-0.05, 0) is 33.5 Å². The zero-order valence-electron chi connectivity index (χ0n) is 9.62. The Morgan fingerprint density at radius 1 is 1.00 bits per heavy atom. The summed E-state index contributed by atoms with van der Waals surface area (Å²) >= 11 is 0. The zero-order chi connectivity index (χ0) is 11.0. The molecule has 0 aromatic carbocycles. The molecule has 0 aliphatic rings. The molecule has 4 heteroatoms. The van der Waals surface area contributed by atoms with Crippen LogP contribution in [-0.4, -0.2) is 29.4 Å². The Morgan fingerprint density at radius 3 is 2.07 bits per heavy atom. The van der Waals surface area contributed by atoms with Gasteiger partial charge in [0.2, 0.25) is 0 Å². The first kappa shape index (κ1) is 13.9. The third-order valence-corrected chi connectivity index (χ3v) is 1.89. The molecule has 0 saturated carbocycles. The standard InChI is InChI=1S/C10H23BO3/c1-10(2,3)14-9-7-5-4-6-8-11(12)13/h12-13H,4-9H2,1-3H3. The topological polar surface area (TPSA) is 49.7 Å². The second-order valence-corrected chi connectivity index (χ2v) is 4.64. The lowest BCUT2D eigenvalue weighted by molar-refractivity contribution is -0.00471. The SMILES string of the molecule is CC(C)(C)OCCCCCCB(O)O. The van der Waals surface area contributed by atoms with Gasteiger partial charge in [-0.25, -0.2) is 0 Å². The predicted molar refractivity (Wildman–Crippen MR) is 59.2 cm³/mol. The Balaban J connectivity index is 3.07. The summed E-state index contributed by atoms with van der Waals surface area (Å²) < 4.78 is 5.56. The van der Waals surface area contributed by atoms with E-state index in [2.05, 4.69) is 20.8 Å². The van der Waals surface area contributed by atoms with Crippen LogP contribution in [0.3, 0.4) is 0 Å². The van der Waals surface area contributed by atoms with E-state index in [0.29, 0.717) is 6.32 Å². The Bertz CT molecular complexity index is 132. The highest BCUT2D eigenvalue weighted by atomic mass is 16.5. The fraction of sp³-hybridized carbons (Fsp3) is 1.00. The highest BCUT2D eigenvalue weighted by Crippen LogP contribution is 2.09. The van der Waals surface area contributed by atoms with Crippen LogP contribution in [0.1, 0.15) is 46.5 Å². The maximum atomic E-state index is 8.59. The van der Waals surface area contributed by atoms with E-state index in [4.69, 9.17) is 14.8 Å². The number of ether oxygens (including phenoxy) is 1. The number of rotatable bonds is 7. The number of unbranched alkanes of at least 4 members (excludes halogenated alkanes) is 3. The Morgan fingerprint density at radius 2 is 1.57 bits per heavy atom. The van der Waals surface area contributed by atoms with E-state index in [9.17, 15) is 0 Å². The molecule has 0 fully saturated rings. The predicted octanol–water partition coefficient (Wildman–Crippen LogP) is 1.83. The molecule has 0 bridgehead atoms. The smallest absolute Gasteiger partial charge is 0.427 e. The van der Waals surface area contributed by atoms with Gasteiger partial charge >= 0.3 is 7.12 Å². The fourth-order valence-corrected chi connectivity index (χ4v) is 1.16. The average Bonchev–Trinajstić information content (AvgIpc) is 2.00. The van der Waals surface area contributed by atoms with E-state index in [1.165, 1.54) is 0 Å². The van der Waals surface area contributed by atoms with Gasteiger partial charge in [-0.1, -0.05) is 19.3 Å². The lowest BCUT2D eigenvalue weighted by Crippen LogP contribution is -2.19. The van der Waals surface area contributed by atoms with E-state index < -0.39 is 7.12 Å². The van der Waals surface area contributed by atoms with Gasteiger partial charge in [0.15, 0.2) is 0 Å². The van der Waals surface area contributed by atoms with E-state index in [1.54, 1.807) is 0 Å². The van der Waals surface area contributed by atoms with Gasteiger partial charge in [0.25, 0.3) is 0 Å². The van der Waals surface area contributed by atoms with Gasteiger partial charge < -0.3 is 14.8 Å². The fourth-order valence-electron chi connectivity index (χ4n) is 1.16. The van der Waals surface area contributed by atoms with Gasteiger partial charge in [0, 0.05) is 6.61 Å². The molecule has 0 aliphatic carbocycles. The molecule has 0 amide bonds. The molecule has 84 valence electrons. The van der Waals surface area contributed by atoms with Crippen LogP contribution >= 0.6 is 0 Å². The maximum absolute atomic E-state index is 8.59. The van der Waals surface area contributed by atoms with Crippen molar-refractivity contribution in [2.24, 2.45) is 0 Å². The van der Waals surface area contributed by atoms with Crippen LogP contribution in [0.2, 0.25) is 6.32 Å². The van der Waals surface area contributed by atoms with Gasteiger partial charge in [-0.2, -0.15) is 0 Å². The zero-order valence-corrected chi connectivity index (χ0v) is 9.62. The van der Waals surface area contributed by atoms with Gasteiger partial charge in [-0.3, -0.25) is 0 Å². The summed E-state index contributed by atoms with van der Waals surface area (Å²) in [5, 5.41) is 17.2. The van der Waals surface area contributed by atoms with Crippen molar-refractivity contribution in [2.75, 3.05) is 6.61 Å². The van der Waals surface area contributed by atoms with Crippen LogP contribution < -0.4 is 0 Å². The molecule has 0 heterocycles. The van der Waals surface area contributed by atoms with E-state index >= 15 is 0 Å². The second-order valence-electron chi connectivity index (χ2n) is 4.64. The number of hydrogen-bond donors (Lipinski definition) is 2. The molecule has 3 nitrogen and oxygen atoms in total. The second kappa shape index (κ2) is 7.26. The largest absolute Gasteiger partial charge is 0.451 e. The Kier molecular flexibility index (Phi) is 7.24. The average molecular weight is 202 g/mol. The van der Waals surface area contributed by atoms with Crippen molar-refractivity contribution in [3.05, 3.63) is 0 Å². The van der Waals surface area contributed by atoms with Gasteiger partial charge in [0.05, 0.1) is 5.60 Å². The van der Waals surface area contributed by atoms with Crippen molar-refractivity contribution in [3.63, 3.8) is 0 Å². The summed E-state index contributed by atoms with van der Waals surface area (Å²) in [5.74, 6) is 0. The summed E-state index contributed by atoms with van der Waals surface area (Å²) in [6.07, 6.45) is 4.57. The molecular weight excluding hydrogens is 179 g/mol. The minimum absolute atomic E-state index is 0.0404. The highest BCUT2D eigenvalue weighted by Gasteiger charge is 2.09. The van der Waals surface area contributed by atoms with E-state index in [0.717, 1.165) is 32.3 Å². The Labute approximate surface area is 87.6 Å². The molecule has 0 unspecified atom stereocenters. The van der Waals surface area contributed by atoms with Gasteiger partial charge in [-0.15, -0.1) is 0 Å².